The molecule has 5 heteroatoms. The number of thiazole rings is 1. The Labute approximate surface area is 132 Å². The lowest BCUT2D eigenvalue weighted by Crippen LogP contribution is -2.57. The van der Waals surface area contributed by atoms with Gasteiger partial charge in [0, 0.05) is 17.9 Å². The smallest absolute Gasteiger partial charge is 0.0948 e. The topological polar surface area (TPSA) is 60.2 Å². The zero-order chi connectivity index (χ0) is 15.5. The van der Waals surface area contributed by atoms with Crippen molar-refractivity contribution in [2.75, 3.05) is 6.61 Å². The molecule has 1 aliphatic rings. The fourth-order valence-corrected chi connectivity index (χ4v) is 4.31. The molecule has 1 saturated carbocycles. The number of ether oxygens (including phenoxy) is 1. The van der Waals surface area contributed by atoms with E-state index in [-0.39, 0.29) is 11.6 Å². The van der Waals surface area contributed by atoms with Crippen molar-refractivity contribution in [1.29, 1.82) is 0 Å². The summed E-state index contributed by atoms with van der Waals surface area (Å²) in [5.41, 5.74) is 4.03. The molecule has 1 aromatic heterocycles. The van der Waals surface area contributed by atoms with Crippen LogP contribution in [0, 0.1) is 19.8 Å². The quantitative estimate of drug-likeness (QED) is 0.626. The summed E-state index contributed by atoms with van der Waals surface area (Å²) in [4.78, 5) is 5.96. The Morgan fingerprint density at radius 3 is 2.57 bits per heavy atom. The molecule has 4 nitrogen and oxygen atoms in total. The van der Waals surface area contributed by atoms with Crippen molar-refractivity contribution in [1.82, 2.24) is 10.4 Å². The van der Waals surface area contributed by atoms with Crippen molar-refractivity contribution in [2.45, 2.75) is 71.4 Å². The van der Waals surface area contributed by atoms with Crippen LogP contribution in [0.15, 0.2) is 0 Å². The summed E-state index contributed by atoms with van der Waals surface area (Å²) in [6.07, 6.45) is 5.45. The molecule has 1 aromatic rings. The van der Waals surface area contributed by atoms with Crippen molar-refractivity contribution in [3.05, 3.63) is 15.6 Å². The number of nitrogens with one attached hydrogen (secondary N) is 1. The van der Waals surface area contributed by atoms with Crippen molar-refractivity contribution in [2.24, 2.45) is 11.8 Å². The van der Waals surface area contributed by atoms with Crippen LogP contribution in [0.4, 0.5) is 0 Å². The van der Waals surface area contributed by atoms with Crippen molar-refractivity contribution >= 4 is 11.3 Å². The van der Waals surface area contributed by atoms with E-state index in [0.29, 0.717) is 0 Å². The van der Waals surface area contributed by atoms with Gasteiger partial charge in [-0.1, -0.05) is 6.92 Å². The van der Waals surface area contributed by atoms with E-state index in [4.69, 9.17) is 10.6 Å². The second kappa shape index (κ2) is 7.18. The highest BCUT2D eigenvalue weighted by Crippen LogP contribution is 2.38. The number of hydrogen-bond donors (Lipinski definition) is 2. The van der Waals surface area contributed by atoms with E-state index >= 15 is 0 Å². The van der Waals surface area contributed by atoms with E-state index in [0.717, 1.165) is 42.5 Å². The SMILES string of the molecule is CCOC1(C(Cc2nc(C)c(C)s2)NN)CCC(C)CC1. The highest BCUT2D eigenvalue weighted by molar-refractivity contribution is 7.11. The number of aromatic nitrogens is 1. The summed E-state index contributed by atoms with van der Waals surface area (Å²) in [6, 6.07) is 0.134. The van der Waals surface area contributed by atoms with Crippen molar-refractivity contribution in [3.8, 4) is 0 Å². The third-order valence-electron chi connectivity index (χ3n) is 4.84. The first kappa shape index (κ1) is 16.9. The number of rotatable bonds is 6. The molecule has 0 aromatic carbocycles. The third kappa shape index (κ3) is 3.83. The lowest BCUT2D eigenvalue weighted by molar-refractivity contribution is -0.0961. The third-order valence-corrected chi connectivity index (χ3v) is 5.94. The maximum atomic E-state index is 6.22. The molecular weight excluding hydrogens is 282 g/mol. The number of hydrazine groups is 1. The van der Waals surface area contributed by atoms with Crippen molar-refractivity contribution < 1.29 is 4.74 Å². The minimum Gasteiger partial charge on any atom is -0.374 e. The first-order valence-electron chi connectivity index (χ1n) is 8.03. The Balaban J connectivity index is 2.15. The lowest BCUT2D eigenvalue weighted by atomic mass is 9.74. The summed E-state index contributed by atoms with van der Waals surface area (Å²) < 4.78 is 6.22. The Bertz CT molecular complexity index is 433. The van der Waals surface area contributed by atoms with Crippen LogP contribution in [-0.4, -0.2) is 23.2 Å². The molecule has 0 aliphatic heterocycles. The highest BCUT2D eigenvalue weighted by Gasteiger charge is 2.42. The molecule has 0 spiro atoms. The highest BCUT2D eigenvalue weighted by atomic mass is 32.1. The molecule has 0 radical (unpaired) electrons. The molecule has 1 atom stereocenters. The maximum absolute atomic E-state index is 6.22. The van der Waals surface area contributed by atoms with Crippen LogP contribution in [0.25, 0.3) is 0 Å². The zero-order valence-corrected chi connectivity index (χ0v) is 14.6. The number of nitrogens with two attached hydrogens (primary N) is 1. The van der Waals surface area contributed by atoms with Gasteiger partial charge >= 0.3 is 0 Å². The fraction of sp³-hybridized carbons (Fsp3) is 0.812. The molecule has 3 N–H and O–H groups in total. The van der Waals surface area contributed by atoms with Gasteiger partial charge in [0.05, 0.1) is 22.3 Å². The van der Waals surface area contributed by atoms with Gasteiger partial charge in [0.25, 0.3) is 0 Å². The van der Waals surface area contributed by atoms with E-state index in [2.05, 4.69) is 38.1 Å². The maximum Gasteiger partial charge on any atom is 0.0948 e. The minimum atomic E-state index is -0.135. The molecular formula is C16H29N3OS. The predicted octanol–water partition coefficient (Wildman–Crippen LogP) is 3.12. The van der Waals surface area contributed by atoms with Gasteiger partial charge in [-0.15, -0.1) is 11.3 Å². The molecule has 21 heavy (non-hydrogen) atoms. The fourth-order valence-electron chi connectivity index (χ4n) is 3.33. The standard InChI is InChI=1S/C16H29N3OS/c1-5-20-16(8-6-11(2)7-9-16)14(19-17)10-15-18-12(3)13(4)21-15/h11,14,19H,5-10,17H2,1-4H3. The van der Waals surface area contributed by atoms with Crippen LogP contribution in [-0.2, 0) is 11.2 Å². The summed E-state index contributed by atoms with van der Waals surface area (Å²) in [5.74, 6) is 6.69. The molecule has 0 bridgehead atoms. The van der Waals surface area contributed by atoms with Crippen LogP contribution < -0.4 is 11.3 Å². The molecule has 120 valence electrons. The molecule has 0 saturated heterocycles. The van der Waals surface area contributed by atoms with E-state index in [1.165, 1.54) is 17.7 Å². The molecule has 1 unspecified atom stereocenters. The van der Waals surface area contributed by atoms with E-state index in [1.807, 2.05) is 0 Å². The minimum absolute atomic E-state index is 0.134. The summed E-state index contributed by atoms with van der Waals surface area (Å²) in [7, 11) is 0. The molecule has 1 heterocycles. The number of aryl methyl sites for hydroxylation is 2. The predicted molar refractivity (Wildman–Crippen MR) is 88.4 cm³/mol. The Kier molecular flexibility index (Phi) is 5.77. The molecule has 1 fully saturated rings. The van der Waals surface area contributed by atoms with Crippen LogP contribution in [0.1, 0.15) is 55.1 Å². The average Bonchev–Trinajstić information content (AvgIpc) is 2.78. The van der Waals surface area contributed by atoms with Gasteiger partial charge in [0.15, 0.2) is 0 Å². The Hall–Kier alpha value is -0.490. The molecule has 2 rings (SSSR count). The first-order valence-corrected chi connectivity index (χ1v) is 8.85. The van der Waals surface area contributed by atoms with Crippen LogP contribution in [0.5, 0.6) is 0 Å². The van der Waals surface area contributed by atoms with Gasteiger partial charge < -0.3 is 4.74 Å². The van der Waals surface area contributed by atoms with Crippen LogP contribution >= 0.6 is 11.3 Å². The first-order chi connectivity index (χ1) is 10.0. The summed E-state index contributed by atoms with van der Waals surface area (Å²) >= 11 is 1.78. The largest absolute Gasteiger partial charge is 0.374 e. The van der Waals surface area contributed by atoms with Gasteiger partial charge in [-0.3, -0.25) is 11.3 Å². The van der Waals surface area contributed by atoms with Gasteiger partial charge in [-0.05, 0) is 52.4 Å². The molecule has 0 amide bonds. The average molecular weight is 311 g/mol. The second-order valence-electron chi connectivity index (χ2n) is 6.35. The van der Waals surface area contributed by atoms with Gasteiger partial charge in [0.2, 0.25) is 0 Å². The second-order valence-corrected chi connectivity index (χ2v) is 7.64. The van der Waals surface area contributed by atoms with E-state index in [9.17, 15) is 0 Å². The van der Waals surface area contributed by atoms with Crippen LogP contribution in [0.3, 0.4) is 0 Å². The summed E-state index contributed by atoms with van der Waals surface area (Å²) in [5, 5.41) is 1.16. The van der Waals surface area contributed by atoms with E-state index < -0.39 is 0 Å². The lowest BCUT2D eigenvalue weighted by Gasteiger charge is -2.44. The van der Waals surface area contributed by atoms with E-state index in [1.54, 1.807) is 11.3 Å². The van der Waals surface area contributed by atoms with Gasteiger partial charge in [-0.25, -0.2) is 4.98 Å². The monoisotopic (exact) mass is 311 g/mol. The number of nitrogens with zero attached hydrogens (tertiary/aromatic N) is 1. The van der Waals surface area contributed by atoms with Crippen molar-refractivity contribution in [3.63, 3.8) is 0 Å². The zero-order valence-electron chi connectivity index (χ0n) is 13.7. The Morgan fingerprint density at radius 1 is 1.43 bits per heavy atom. The summed E-state index contributed by atoms with van der Waals surface area (Å²) in [6.45, 7) is 9.34. The van der Waals surface area contributed by atoms with Gasteiger partial charge in [0.1, 0.15) is 0 Å². The normalized spacial score (nSPS) is 27.8. The van der Waals surface area contributed by atoms with Crippen LogP contribution in [0.2, 0.25) is 0 Å². The molecule has 1 aliphatic carbocycles. The number of hydrogen-bond acceptors (Lipinski definition) is 5. The Morgan fingerprint density at radius 2 is 2.10 bits per heavy atom. The van der Waals surface area contributed by atoms with Gasteiger partial charge in [-0.2, -0.15) is 0 Å².